The van der Waals surface area contributed by atoms with Crippen LogP contribution in [0.25, 0.3) is 0 Å². The molecule has 1 aromatic carbocycles. The molecule has 5 nitrogen and oxygen atoms in total. The summed E-state index contributed by atoms with van der Waals surface area (Å²) in [7, 11) is 1.67. The van der Waals surface area contributed by atoms with Crippen molar-refractivity contribution in [1.82, 2.24) is 5.32 Å². The maximum atomic E-state index is 6.17. The van der Waals surface area contributed by atoms with Gasteiger partial charge >= 0.3 is 0 Å². The van der Waals surface area contributed by atoms with Crippen LogP contribution in [0, 0.1) is 0 Å². The van der Waals surface area contributed by atoms with Crippen LogP contribution in [0.1, 0.15) is 51.0 Å². The number of benzene rings is 1. The standard InChI is InChI=1S/C18H29N3O2.HI/c1-3-4-11-20-18(19)21-13-14-9-10-16(22-2)12-17(14)23-15-7-5-6-8-15;/h9-10,12,15H,3-8,11,13H2,1-2H3,(H3,19,20,21);1H. The molecule has 0 saturated heterocycles. The van der Waals surface area contributed by atoms with Gasteiger partial charge in [0.1, 0.15) is 11.5 Å². The van der Waals surface area contributed by atoms with Gasteiger partial charge in [0.2, 0.25) is 0 Å². The maximum Gasteiger partial charge on any atom is 0.188 e. The van der Waals surface area contributed by atoms with Gasteiger partial charge in [-0.1, -0.05) is 13.3 Å². The average Bonchev–Trinajstić information content (AvgIpc) is 3.07. The molecule has 1 aliphatic rings. The lowest BCUT2D eigenvalue weighted by atomic mass is 10.2. The van der Waals surface area contributed by atoms with Gasteiger partial charge in [-0.15, -0.1) is 24.0 Å². The van der Waals surface area contributed by atoms with Gasteiger partial charge in [-0.05, 0) is 44.2 Å². The van der Waals surface area contributed by atoms with E-state index in [1.807, 2.05) is 18.2 Å². The summed E-state index contributed by atoms with van der Waals surface area (Å²) in [5, 5.41) is 3.13. The topological polar surface area (TPSA) is 68.9 Å². The minimum atomic E-state index is 0. The van der Waals surface area contributed by atoms with E-state index in [4.69, 9.17) is 15.2 Å². The van der Waals surface area contributed by atoms with Crippen LogP contribution < -0.4 is 20.5 Å². The Balaban J connectivity index is 0.00000288. The first kappa shape index (κ1) is 20.9. The Kier molecular flexibility index (Phi) is 9.90. The van der Waals surface area contributed by atoms with Gasteiger partial charge < -0.3 is 20.5 Å². The molecular formula is C18H30IN3O2. The number of hydrogen-bond acceptors (Lipinski definition) is 3. The zero-order chi connectivity index (χ0) is 16.5. The number of unbranched alkanes of at least 4 members (excludes halogenated alkanes) is 1. The molecule has 1 fully saturated rings. The second-order valence-corrected chi connectivity index (χ2v) is 5.98. The lowest BCUT2D eigenvalue weighted by Crippen LogP contribution is -2.32. The quantitative estimate of drug-likeness (QED) is 0.275. The van der Waals surface area contributed by atoms with Gasteiger partial charge in [0.25, 0.3) is 0 Å². The first-order chi connectivity index (χ1) is 11.2. The molecule has 1 aromatic rings. The van der Waals surface area contributed by atoms with Crippen LogP contribution in [0.5, 0.6) is 11.5 Å². The van der Waals surface area contributed by atoms with Crippen LogP contribution in [-0.4, -0.2) is 25.7 Å². The molecule has 136 valence electrons. The Bertz CT molecular complexity index is 517. The van der Waals surface area contributed by atoms with Crippen molar-refractivity contribution in [2.24, 2.45) is 10.7 Å². The monoisotopic (exact) mass is 447 g/mol. The van der Waals surface area contributed by atoms with Crippen LogP contribution in [0.3, 0.4) is 0 Å². The number of aliphatic imine (C=N–C) groups is 1. The Morgan fingerprint density at radius 1 is 1.33 bits per heavy atom. The molecule has 1 aliphatic carbocycles. The summed E-state index contributed by atoms with van der Waals surface area (Å²) in [5.74, 6) is 2.15. The van der Waals surface area contributed by atoms with E-state index in [1.165, 1.54) is 12.8 Å². The molecule has 3 N–H and O–H groups in total. The molecule has 6 heteroatoms. The fraction of sp³-hybridized carbons (Fsp3) is 0.611. The lowest BCUT2D eigenvalue weighted by molar-refractivity contribution is 0.207. The zero-order valence-corrected chi connectivity index (χ0v) is 17.0. The van der Waals surface area contributed by atoms with Crippen molar-refractivity contribution in [3.8, 4) is 11.5 Å². The van der Waals surface area contributed by atoms with Crippen LogP contribution in [0.15, 0.2) is 23.2 Å². The second kappa shape index (κ2) is 11.4. The average molecular weight is 447 g/mol. The molecule has 24 heavy (non-hydrogen) atoms. The molecule has 0 amide bonds. The fourth-order valence-electron chi connectivity index (χ4n) is 2.71. The van der Waals surface area contributed by atoms with Crippen LogP contribution in [0.2, 0.25) is 0 Å². The summed E-state index contributed by atoms with van der Waals surface area (Å²) in [6.07, 6.45) is 7.28. The van der Waals surface area contributed by atoms with Gasteiger partial charge in [0, 0.05) is 18.2 Å². The van der Waals surface area contributed by atoms with E-state index in [0.717, 1.165) is 49.3 Å². The van der Waals surface area contributed by atoms with E-state index in [2.05, 4.69) is 17.2 Å². The predicted octanol–water partition coefficient (Wildman–Crippen LogP) is 3.84. The third kappa shape index (κ3) is 6.75. The maximum absolute atomic E-state index is 6.17. The number of guanidine groups is 1. The van der Waals surface area contributed by atoms with E-state index >= 15 is 0 Å². The molecule has 2 rings (SSSR count). The fourth-order valence-corrected chi connectivity index (χ4v) is 2.71. The number of halogens is 1. The Hall–Kier alpha value is -1.18. The third-order valence-electron chi connectivity index (χ3n) is 4.13. The van der Waals surface area contributed by atoms with Crippen LogP contribution in [0.4, 0.5) is 0 Å². The minimum absolute atomic E-state index is 0. The van der Waals surface area contributed by atoms with E-state index in [0.29, 0.717) is 18.6 Å². The molecule has 0 heterocycles. The number of nitrogens with two attached hydrogens (primary N) is 1. The highest BCUT2D eigenvalue weighted by Gasteiger charge is 2.18. The largest absolute Gasteiger partial charge is 0.497 e. The van der Waals surface area contributed by atoms with E-state index in [9.17, 15) is 0 Å². The van der Waals surface area contributed by atoms with Crippen molar-refractivity contribution in [3.05, 3.63) is 23.8 Å². The smallest absolute Gasteiger partial charge is 0.188 e. The molecule has 0 bridgehead atoms. The number of nitrogens with zero attached hydrogens (tertiary/aromatic N) is 1. The third-order valence-corrected chi connectivity index (χ3v) is 4.13. The summed E-state index contributed by atoms with van der Waals surface area (Å²) in [6, 6.07) is 5.89. The highest BCUT2D eigenvalue weighted by atomic mass is 127. The van der Waals surface area contributed by atoms with Gasteiger partial charge in [-0.2, -0.15) is 0 Å². The van der Waals surface area contributed by atoms with Crippen molar-refractivity contribution >= 4 is 29.9 Å². The van der Waals surface area contributed by atoms with Crippen molar-refractivity contribution in [3.63, 3.8) is 0 Å². The molecule has 0 atom stereocenters. The summed E-state index contributed by atoms with van der Waals surface area (Å²) in [6.45, 7) is 3.52. The second-order valence-electron chi connectivity index (χ2n) is 5.98. The van der Waals surface area contributed by atoms with Gasteiger partial charge in [0.15, 0.2) is 5.96 Å². The summed E-state index contributed by atoms with van der Waals surface area (Å²) >= 11 is 0. The number of methoxy groups -OCH3 is 1. The number of hydrogen-bond donors (Lipinski definition) is 2. The number of nitrogens with one attached hydrogen (secondary N) is 1. The van der Waals surface area contributed by atoms with Gasteiger partial charge in [-0.3, -0.25) is 0 Å². The summed E-state index contributed by atoms with van der Waals surface area (Å²) < 4.78 is 11.5. The first-order valence-corrected chi connectivity index (χ1v) is 8.60. The first-order valence-electron chi connectivity index (χ1n) is 8.60. The molecule has 0 aromatic heterocycles. The molecular weight excluding hydrogens is 417 g/mol. The SMILES string of the molecule is CCCCNC(N)=NCc1ccc(OC)cc1OC1CCCC1.I. The van der Waals surface area contributed by atoms with Crippen molar-refractivity contribution in [2.45, 2.75) is 58.1 Å². The van der Waals surface area contributed by atoms with Crippen molar-refractivity contribution < 1.29 is 9.47 Å². The Labute approximate surface area is 162 Å². The zero-order valence-electron chi connectivity index (χ0n) is 14.7. The summed E-state index contributed by atoms with van der Waals surface area (Å²) in [4.78, 5) is 4.42. The highest BCUT2D eigenvalue weighted by Crippen LogP contribution is 2.30. The predicted molar refractivity (Wildman–Crippen MR) is 110 cm³/mol. The van der Waals surface area contributed by atoms with Gasteiger partial charge in [-0.25, -0.2) is 4.99 Å². The van der Waals surface area contributed by atoms with E-state index in [1.54, 1.807) is 7.11 Å². The number of ether oxygens (including phenoxy) is 2. The summed E-state index contributed by atoms with van der Waals surface area (Å²) in [5.41, 5.74) is 6.95. The molecule has 0 radical (unpaired) electrons. The van der Waals surface area contributed by atoms with Crippen LogP contribution >= 0.6 is 24.0 Å². The molecule has 1 saturated carbocycles. The Morgan fingerprint density at radius 3 is 2.75 bits per heavy atom. The molecule has 0 unspecified atom stereocenters. The van der Waals surface area contributed by atoms with Crippen molar-refractivity contribution in [2.75, 3.05) is 13.7 Å². The van der Waals surface area contributed by atoms with Crippen LogP contribution in [-0.2, 0) is 6.54 Å². The van der Waals surface area contributed by atoms with Crippen molar-refractivity contribution in [1.29, 1.82) is 0 Å². The van der Waals surface area contributed by atoms with E-state index in [-0.39, 0.29) is 24.0 Å². The van der Waals surface area contributed by atoms with Gasteiger partial charge in [0.05, 0.1) is 19.8 Å². The molecule has 0 spiro atoms. The minimum Gasteiger partial charge on any atom is -0.497 e. The van der Waals surface area contributed by atoms with E-state index < -0.39 is 0 Å². The number of rotatable bonds is 8. The highest BCUT2D eigenvalue weighted by molar-refractivity contribution is 14.0. The molecule has 0 aliphatic heterocycles. The normalized spacial score (nSPS) is 15.0. The Morgan fingerprint density at radius 2 is 2.08 bits per heavy atom. The lowest BCUT2D eigenvalue weighted by Gasteiger charge is -2.17.